The smallest absolute Gasteiger partial charge is 0.231 e. The Morgan fingerprint density at radius 2 is 1.83 bits per heavy atom. The normalized spacial score (nSPS) is 16.9. The number of rotatable bonds is 4. The minimum Gasteiger partial charge on any atom is -0.353 e. The van der Waals surface area contributed by atoms with Gasteiger partial charge in [-0.1, -0.05) is 29.8 Å². The molecule has 5 nitrogen and oxygen atoms in total. The van der Waals surface area contributed by atoms with Crippen LogP contribution in [-0.4, -0.2) is 54.4 Å². The van der Waals surface area contributed by atoms with Gasteiger partial charge in [0.05, 0.1) is 11.1 Å². The maximum absolute atomic E-state index is 12.4. The largest absolute Gasteiger partial charge is 0.353 e. The van der Waals surface area contributed by atoms with Crippen LogP contribution in [0.25, 0.3) is 10.1 Å². The first-order valence-corrected chi connectivity index (χ1v) is 10.7. The van der Waals surface area contributed by atoms with Crippen molar-refractivity contribution in [3.05, 3.63) is 53.1 Å². The Morgan fingerprint density at radius 3 is 2.66 bits per heavy atom. The van der Waals surface area contributed by atoms with Gasteiger partial charge < -0.3 is 9.80 Å². The van der Waals surface area contributed by atoms with Crippen LogP contribution in [0.2, 0.25) is 5.02 Å². The lowest BCUT2D eigenvalue weighted by Gasteiger charge is -2.35. The second-order valence-corrected chi connectivity index (χ2v) is 8.57. The molecule has 2 aromatic carbocycles. The first kappa shape index (κ1) is 20.4. The van der Waals surface area contributed by atoms with E-state index in [0.717, 1.165) is 49.8 Å². The highest BCUT2D eigenvalue weighted by Gasteiger charge is 2.28. The molecule has 3 heterocycles. The number of piperazine rings is 1. The summed E-state index contributed by atoms with van der Waals surface area (Å²) in [6.45, 7) is 5.48. The van der Waals surface area contributed by atoms with E-state index < -0.39 is 0 Å². The molecule has 0 spiro atoms. The topological polar surface area (TPSA) is 39.7 Å². The van der Waals surface area contributed by atoms with Gasteiger partial charge in [0, 0.05) is 55.4 Å². The zero-order chi connectivity index (χ0) is 19.1. The Morgan fingerprint density at radius 1 is 1.03 bits per heavy atom. The van der Waals surface area contributed by atoms with Gasteiger partial charge in [0.2, 0.25) is 5.91 Å². The molecule has 0 saturated carbocycles. The molecule has 8 heteroatoms. The maximum atomic E-state index is 12.4. The van der Waals surface area contributed by atoms with Crippen molar-refractivity contribution in [2.24, 2.45) is 0 Å². The standard InChI is InChI=1S/C21H21ClN4OS.ClH/c22-16-6-5-15-13-20(27)26(18(15)14-16)12-9-24-7-10-25(11-8-24)21-17-3-1-2-4-19(17)28-23-21;/h1-6,14H,7-13H2;1H. The van der Waals surface area contributed by atoms with Crippen molar-refractivity contribution in [1.29, 1.82) is 0 Å². The van der Waals surface area contributed by atoms with Gasteiger partial charge in [-0.3, -0.25) is 9.69 Å². The Balaban J connectivity index is 0.00000205. The van der Waals surface area contributed by atoms with Crippen molar-refractivity contribution < 1.29 is 4.79 Å². The predicted octanol–water partition coefficient (Wildman–Crippen LogP) is 4.08. The van der Waals surface area contributed by atoms with Crippen LogP contribution in [0.15, 0.2) is 42.5 Å². The fraction of sp³-hybridized carbons (Fsp3) is 0.333. The second kappa shape index (κ2) is 8.48. The predicted molar refractivity (Wildman–Crippen MR) is 123 cm³/mol. The van der Waals surface area contributed by atoms with Crippen LogP contribution >= 0.6 is 35.5 Å². The molecule has 1 amide bonds. The van der Waals surface area contributed by atoms with Crippen LogP contribution in [0.3, 0.4) is 0 Å². The number of hydrogen-bond acceptors (Lipinski definition) is 5. The van der Waals surface area contributed by atoms with Crippen molar-refractivity contribution in [2.45, 2.75) is 6.42 Å². The summed E-state index contributed by atoms with van der Waals surface area (Å²) in [5.41, 5.74) is 2.06. The molecule has 0 unspecified atom stereocenters. The lowest BCUT2D eigenvalue weighted by molar-refractivity contribution is -0.117. The molecule has 3 aromatic rings. The SMILES string of the molecule is Cl.O=C1Cc2ccc(Cl)cc2N1CCN1CCN(c2nsc3ccccc23)CC1. The highest BCUT2D eigenvalue weighted by molar-refractivity contribution is 7.13. The van der Waals surface area contributed by atoms with Crippen LogP contribution in [0.1, 0.15) is 5.56 Å². The second-order valence-electron chi connectivity index (χ2n) is 7.33. The average Bonchev–Trinajstić information content (AvgIpc) is 3.27. The lowest BCUT2D eigenvalue weighted by Crippen LogP contribution is -2.49. The van der Waals surface area contributed by atoms with E-state index in [4.69, 9.17) is 11.6 Å². The minimum atomic E-state index is 0. The van der Waals surface area contributed by atoms with Crippen LogP contribution in [-0.2, 0) is 11.2 Å². The van der Waals surface area contributed by atoms with Gasteiger partial charge >= 0.3 is 0 Å². The number of amides is 1. The highest BCUT2D eigenvalue weighted by Crippen LogP contribution is 2.32. The van der Waals surface area contributed by atoms with Crippen molar-refractivity contribution in [3.63, 3.8) is 0 Å². The van der Waals surface area contributed by atoms with Gasteiger partial charge in [-0.25, -0.2) is 0 Å². The van der Waals surface area contributed by atoms with E-state index in [9.17, 15) is 4.79 Å². The Labute approximate surface area is 185 Å². The highest BCUT2D eigenvalue weighted by atomic mass is 35.5. The summed E-state index contributed by atoms with van der Waals surface area (Å²) < 4.78 is 5.92. The summed E-state index contributed by atoms with van der Waals surface area (Å²) >= 11 is 7.70. The van der Waals surface area contributed by atoms with Gasteiger partial charge in [-0.2, -0.15) is 4.37 Å². The van der Waals surface area contributed by atoms with Gasteiger partial charge in [-0.15, -0.1) is 12.4 Å². The first-order valence-electron chi connectivity index (χ1n) is 9.59. The van der Waals surface area contributed by atoms with E-state index in [0.29, 0.717) is 18.0 Å². The molecule has 2 aliphatic rings. The van der Waals surface area contributed by atoms with E-state index in [2.05, 4.69) is 38.4 Å². The summed E-state index contributed by atoms with van der Waals surface area (Å²) in [7, 11) is 0. The average molecular weight is 449 g/mol. The van der Waals surface area contributed by atoms with Crippen molar-refractivity contribution >= 4 is 63.0 Å². The van der Waals surface area contributed by atoms with Crippen molar-refractivity contribution in [2.75, 3.05) is 49.1 Å². The first-order chi connectivity index (χ1) is 13.7. The van der Waals surface area contributed by atoms with E-state index in [1.807, 2.05) is 23.1 Å². The monoisotopic (exact) mass is 448 g/mol. The summed E-state index contributed by atoms with van der Waals surface area (Å²) in [6, 6.07) is 14.2. The van der Waals surface area contributed by atoms with Gasteiger partial charge in [-0.05, 0) is 41.4 Å². The summed E-state index contributed by atoms with van der Waals surface area (Å²) in [6.07, 6.45) is 0.483. The molecule has 1 fully saturated rings. The number of carbonyl (C=O) groups excluding carboxylic acids is 1. The minimum absolute atomic E-state index is 0. The Hall–Kier alpha value is -1.86. The molecular formula is C21H22Cl2N4OS. The molecule has 5 rings (SSSR count). The number of aromatic nitrogens is 1. The number of hydrogen-bond donors (Lipinski definition) is 0. The van der Waals surface area contributed by atoms with Crippen LogP contribution in [0.4, 0.5) is 11.5 Å². The summed E-state index contributed by atoms with van der Waals surface area (Å²) in [5, 5.41) is 1.93. The number of nitrogens with zero attached hydrogens (tertiary/aromatic N) is 4. The molecule has 152 valence electrons. The third-order valence-electron chi connectivity index (χ3n) is 5.65. The maximum Gasteiger partial charge on any atom is 0.231 e. The molecular weight excluding hydrogens is 427 g/mol. The van der Waals surface area contributed by atoms with Crippen molar-refractivity contribution in [1.82, 2.24) is 9.27 Å². The zero-order valence-corrected chi connectivity index (χ0v) is 18.3. The van der Waals surface area contributed by atoms with E-state index >= 15 is 0 Å². The molecule has 1 aromatic heterocycles. The molecule has 0 atom stereocenters. The molecule has 0 radical (unpaired) electrons. The molecule has 1 saturated heterocycles. The quantitative estimate of drug-likeness (QED) is 0.602. The Bertz CT molecular complexity index is 1030. The molecule has 0 bridgehead atoms. The third kappa shape index (κ3) is 3.94. The van der Waals surface area contributed by atoms with Crippen LogP contribution < -0.4 is 9.80 Å². The zero-order valence-electron chi connectivity index (χ0n) is 15.9. The van der Waals surface area contributed by atoms with E-state index in [1.165, 1.54) is 10.1 Å². The van der Waals surface area contributed by atoms with E-state index in [1.54, 1.807) is 11.5 Å². The number of benzene rings is 2. The van der Waals surface area contributed by atoms with E-state index in [-0.39, 0.29) is 18.3 Å². The van der Waals surface area contributed by atoms with Gasteiger partial charge in [0.15, 0.2) is 0 Å². The fourth-order valence-electron chi connectivity index (χ4n) is 4.10. The molecule has 2 aliphatic heterocycles. The number of anilines is 2. The van der Waals surface area contributed by atoms with Crippen LogP contribution in [0.5, 0.6) is 0 Å². The number of carbonyl (C=O) groups is 1. The molecule has 0 N–H and O–H groups in total. The Kier molecular flexibility index (Phi) is 5.97. The van der Waals surface area contributed by atoms with Gasteiger partial charge in [0.25, 0.3) is 0 Å². The number of halogens is 2. The molecule has 29 heavy (non-hydrogen) atoms. The summed E-state index contributed by atoms with van der Waals surface area (Å²) in [4.78, 5) is 19.1. The summed E-state index contributed by atoms with van der Waals surface area (Å²) in [5.74, 6) is 1.28. The van der Waals surface area contributed by atoms with Crippen molar-refractivity contribution in [3.8, 4) is 0 Å². The molecule has 0 aliphatic carbocycles. The van der Waals surface area contributed by atoms with Gasteiger partial charge in [0.1, 0.15) is 5.82 Å². The lowest BCUT2D eigenvalue weighted by atomic mass is 10.2. The van der Waals surface area contributed by atoms with Crippen LogP contribution in [0, 0.1) is 0 Å². The fourth-order valence-corrected chi connectivity index (χ4v) is 5.06. The third-order valence-corrected chi connectivity index (χ3v) is 6.70. The number of fused-ring (bicyclic) bond motifs is 2.